The highest BCUT2D eigenvalue weighted by Crippen LogP contribution is 2.28. The van der Waals surface area contributed by atoms with Gasteiger partial charge in [0.2, 0.25) is 5.91 Å². The number of nitrogens with zero attached hydrogens (tertiary/aromatic N) is 3. The summed E-state index contributed by atoms with van der Waals surface area (Å²) in [5.41, 5.74) is 4.65. The van der Waals surface area contributed by atoms with Crippen LogP contribution < -0.4 is 16.2 Å². The van der Waals surface area contributed by atoms with Gasteiger partial charge in [-0.05, 0) is 54.5 Å². The highest BCUT2D eigenvalue weighted by Gasteiger charge is 2.19. The Hall–Kier alpha value is -5.02. The molecule has 208 valence electrons. The summed E-state index contributed by atoms with van der Waals surface area (Å²) in [6.07, 6.45) is 4.92. The molecule has 41 heavy (non-hydrogen) atoms. The molecule has 2 heterocycles. The highest BCUT2D eigenvalue weighted by atomic mass is 16.5. The van der Waals surface area contributed by atoms with Crippen molar-refractivity contribution in [3.05, 3.63) is 112 Å². The number of amides is 2. The van der Waals surface area contributed by atoms with E-state index in [9.17, 15) is 14.4 Å². The van der Waals surface area contributed by atoms with Crippen LogP contribution in [-0.4, -0.2) is 52.6 Å². The van der Waals surface area contributed by atoms with E-state index < -0.39 is 0 Å². The Morgan fingerprint density at radius 2 is 1.68 bits per heavy atom. The Kier molecular flexibility index (Phi) is 8.36. The number of carbonyl (C=O) groups excluding carboxylic acids is 2. The van der Waals surface area contributed by atoms with Crippen LogP contribution in [0.4, 0.5) is 17.2 Å². The van der Waals surface area contributed by atoms with Gasteiger partial charge in [0, 0.05) is 54.9 Å². The summed E-state index contributed by atoms with van der Waals surface area (Å²) in [4.78, 5) is 44.7. The summed E-state index contributed by atoms with van der Waals surface area (Å²) in [6.45, 7) is 4.12. The molecule has 1 aromatic heterocycles. The third-order valence-electron chi connectivity index (χ3n) is 6.86. The number of hydrogen-bond donors (Lipinski definition) is 2. The summed E-state index contributed by atoms with van der Waals surface area (Å²) >= 11 is 0. The van der Waals surface area contributed by atoms with E-state index in [1.54, 1.807) is 48.5 Å². The molecule has 1 fully saturated rings. The number of rotatable bonds is 7. The first-order valence-corrected chi connectivity index (χ1v) is 13.3. The van der Waals surface area contributed by atoms with Gasteiger partial charge in [0.15, 0.2) is 5.82 Å². The standard InChI is InChI=1S/C32H31N5O4/c1-22-26(9-6-10-27(22)34-29(38)16-11-23-7-4-3-5-8-23)28-21-36(2)32(40)30(35-28)33-25-14-12-24(13-15-25)31(39)37-17-19-41-20-18-37/h3-16,21H,17-20H2,1-2H3,(H,33,35)(H,34,38). The molecular weight excluding hydrogens is 518 g/mol. The fraction of sp³-hybridized carbons (Fsp3) is 0.188. The molecule has 0 spiro atoms. The molecule has 2 N–H and O–H groups in total. The predicted molar refractivity (Wildman–Crippen MR) is 160 cm³/mol. The summed E-state index contributed by atoms with van der Waals surface area (Å²) in [7, 11) is 1.66. The first kappa shape index (κ1) is 27.5. The molecule has 9 nitrogen and oxygen atoms in total. The molecule has 4 aromatic rings. The van der Waals surface area contributed by atoms with Gasteiger partial charge >= 0.3 is 0 Å². The molecule has 0 aliphatic carbocycles. The lowest BCUT2D eigenvalue weighted by molar-refractivity contribution is -0.111. The van der Waals surface area contributed by atoms with E-state index >= 15 is 0 Å². The number of nitrogens with one attached hydrogen (secondary N) is 2. The zero-order valence-corrected chi connectivity index (χ0v) is 23.0. The minimum atomic E-state index is -0.296. The van der Waals surface area contributed by atoms with Gasteiger partial charge < -0.3 is 24.8 Å². The zero-order valence-electron chi connectivity index (χ0n) is 23.0. The number of morpholine rings is 1. The smallest absolute Gasteiger partial charge is 0.293 e. The first-order valence-electron chi connectivity index (χ1n) is 13.3. The number of anilines is 3. The molecule has 1 aliphatic heterocycles. The van der Waals surface area contributed by atoms with Crippen molar-refractivity contribution in [2.75, 3.05) is 36.9 Å². The summed E-state index contributed by atoms with van der Waals surface area (Å²) in [5.74, 6) is -0.147. The molecule has 0 radical (unpaired) electrons. The second-order valence-electron chi connectivity index (χ2n) is 9.71. The van der Waals surface area contributed by atoms with Crippen LogP contribution in [0.5, 0.6) is 0 Å². The van der Waals surface area contributed by atoms with Gasteiger partial charge in [-0.25, -0.2) is 4.98 Å². The van der Waals surface area contributed by atoms with Crippen LogP contribution in [0.25, 0.3) is 17.3 Å². The Balaban J connectivity index is 1.34. The van der Waals surface area contributed by atoms with E-state index in [4.69, 9.17) is 4.74 Å². The van der Waals surface area contributed by atoms with Crippen LogP contribution in [0.3, 0.4) is 0 Å². The van der Waals surface area contributed by atoms with Gasteiger partial charge in [-0.3, -0.25) is 14.4 Å². The van der Waals surface area contributed by atoms with Gasteiger partial charge in [-0.2, -0.15) is 0 Å². The van der Waals surface area contributed by atoms with Gasteiger partial charge in [0.1, 0.15) is 0 Å². The van der Waals surface area contributed by atoms with Crippen LogP contribution in [0.2, 0.25) is 0 Å². The van der Waals surface area contributed by atoms with Crippen molar-refractivity contribution in [2.45, 2.75) is 6.92 Å². The van der Waals surface area contributed by atoms with Crippen molar-refractivity contribution in [1.82, 2.24) is 14.5 Å². The molecular formula is C32H31N5O4. The monoisotopic (exact) mass is 549 g/mol. The van der Waals surface area contributed by atoms with Crippen molar-refractivity contribution >= 4 is 35.1 Å². The molecule has 0 bridgehead atoms. The second-order valence-corrected chi connectivity index (χ2v) is 9.71. The summed E-state index contributed by atoms with van der Waals surface area (Å²) in [5, 5.41) is 6.03. The predicted octanol–water partition coefficient (Wildman–Crippen LogP) is 4.62. The molecule has 1 aliphatic rings. The maximum absolute atomic E-state index is 12.9. The Bertz CT molecular complexity index is 1640. The lowest BCUT2D eigenvalue weighted by Gasteiger charge is -2.26. The van der Waals surface area contributed by atoms with E-state index in [0.29, 0.717) is 48.9 Å². The number of aromatic nitrogens is 2. The van der Waals surface area contributed by atoms with Crippen LogP contribution in [0.1, 0.15) is 21.5 Å². The van der Waals surface area contributed by atoms with Crippen LogP contribution in [0.15, 0.2) is 89.9 Å². The van der Waals surface area contributed by atoms with Crippen molar-refractivity contribution in [3.63, 3.8) is 0 Å². The van der Waals surface area contributed by atoms with Crippen LogP contribution in [-0.2, 0) is 16.6 Å². The van der Waals surface area contributed by atoms with E-state index in [2.05, 4.69) is 15.6 Å². The average Bonchev–Trinajstić information content (AvgIpc) is 3.00. The number of ether oxygens (including phenoxy) is 1. The van der Waals surface area contributed by atoms with E-state index in [0.717, 1.165) is 16.7 Å². The lowest BCUT2D eigenvalue weighted by Crippen LogP contribution is -2.40. The van der Waals surface area contributed by atoms with Gasteiger partial charge in [-0.15, -0.1) is 0 Å². The Morgan fingerprint density at radius 3 is 2.41 bits per heavy atom. The summed E-state index contributed by atoms with van der Waals surface area (Å²) < 4.78 is 6.79. The van der Waals surface area contributed by atoms with Gasteiger partial charge in [0.25, 0.3) is 11.5 Å². The van der Waals surface area contributed by atoms with Gasteiger partial charge in [-0.1, -0.05) is 42.5 Å². The number of carbonyl (C=O) groups is 2. The quantitative estimate of drug-likeness (QED) is 0.326. The van der Waals surface area contributed by atoms with E-state index in [1.807, 2.05) is 55.5 Å². The zero-order chi connectivity index (χ0) is 28.8. The fourth-order valence-corrected chi connectivity index (χ4v) is 4.56. The van der Waals surface area contributed by atoms with Crippen LogP contribution >= 0.6 is 0 Å². The molecule has 0 unspecified atom stereocenters. The SMILES string of the molecule is Cc1c(NC(=O)C=Cc2ccccc2)cccc1-c1cn(C)c(=O)c(Nc2ccc(C(=O)N3CCOCC3)cc2)n1. The number of hydrogen-bond acceptors (Lipinski definition) is 6. The molecule has 0 atom stereocenters. The van der Waals surface area contributed by atoms with Gasteiger partial charge in [0.05, 0.1) is 18.9 Å². The Morgan fingerprint density at radius 1 is 0.951 bits per heavy atom. The molecule has 9 heteroatoms. The van der Waals surface area contributed by atoms with Crippen LogP contribution in [0, 0.1) is 6.92 Å². The number of benzene rings is 3. The van der Waals surface area contributed by atoms with Crippen molar-refractivity contribution in [2.24, 2.45) is 7.05 Å². The minimum Gasteiger partial charge on any atom is -0.378 e. The van der Waals surface area contributed by atoms with E-state index in [-0.39, 0.29) is 23.2 Å². The maximum atomic E-state index is 12.9. The van der Waals surface area contributed by atoms with Crippen molar-refractivity contribution in [3.8, 4) is 11.3 Å². The lowest BCUT2D eigenvalue weighted by atomic mass is 10.0. The molecule has 2 amide bonds. The summed E-state index contributed by atoms with van der Waals surface area (Å²) in [6, 6.07) is 22.1. The molecule has 1 saturated heterocycles. The maximum Gasteiger partial charge on any atom is 0.293 e. The van der Waals surface area contributed by atoms with Crippen molar-refractivity contribution in [1.29, 1.82) is 0 Å². The second kappa shape index (κ2) is 12.4. The molecule has 5 rings (SSSR count). The topological polar surface area (TPSA) is 106 Å². The molecule has 0 saturated carbocycles. The largest absolute Gasteiger partial charge is 0.378 e. The van der Waals surface area contributed by atoms with E-state index in [1.165, 1.54) is 10.6 Å². The minimum absolute atomic E-state index is 0.0473. The highest BCUT2D eigenvalue weighted by molar-refractivity contribution is 6.02. The normalized spacial score (nSPS) is 13.3. The molecule has 3 aromatic carbocycles. The third-order valence-corrected chi connectivity index (χ3v) is 6.86. The first-order chi connectivity index (χ1) is 19.9. The average molecular weight is 550 g/mol. The fourth-order valence-electron chi connectivity index (χ4n) is 4.56. The number of aryl methyl sites for hydroxylation is 1. The third kappa shape index (κ3) is 6.59. The Labute approximate surface area is 238 Å². The van der Waals surface area contributed by atoms with Crippen molar-refractivity contribution < 1.29 is 14.3 Å².